The predicted octanol–water partition coefficient (Wildman–Crippen LogP) is 8.44. The van der Waals surface area contributed by atoms with Crippen molar-refractivity contribution < 1.29 is 31.1 Å². The molecule has 0 unspecified atom stereocenters. The topological polar surface area (TPSA) is 9.23 Å². The Balaban J connectivity index is 1.68. The zero-order valence-electron chi connectivity index (χ0n) is 17.4. The van der Waals surface area contributed by atoms with Gasteiger partial charge in [0.1, 0.15) is 11.6 Å². The molecule has 0 spiro atoms. The van der Waals surface area contributed by atoms with Crippen LogP contribution in [0.15, 0.2) is 66.7 Å². The Morgan fingerprint density at radius 3 is 2.06 bits per heavy atom. The van der Waals surface area contributed by atoms with Crippen molar-refractivity contribution in [3.8, 4) is 28.0 Å². The molecule has 0 aliphatic heterocycles. The summed E-state index contributed by atoms with van der Waals surface area (Å²) in [6.45, 7) is 2.06. The lowest BCUT2D eigenvalue weighted by Crippen LogP contribution is -2.17. The minimum absolute atomic E-state index is 0.0218. The van der Waals surface area contributed by atoms with Crippen LogP contribution in [-0.4, -0.2) is 6.36 Å². The number of benzene rings is 4. The van der Waals surface area contributed by atoms with Crippen molar-refractivity contribution in [2.24, 2.45) is 0 Å². The molecular weight excluding hydrogens is 442 g/mol. The van der Waals surface area contributed by atoms with Crippen LogP contribution < -0.4 is 4.74 Å². The van der Waals surface area contributed by atoms with Crippen LogP contribution in [0.3, 0.4) is 0 Å². The lowest BCUT2D eigenvalue weighted by molar-refractivity contribution is -0.275. The van der Waals surface area contributed by atoms with E-state index in [0.717, 1.165) is 48.1 Å². The highest BCUT2D eigenvalue weighted by Crippen LogP contribution is 2.34. The molecule has 7 heteroatoms. The van der Waals surface area contributed by atoms with Crippen molar-refractivity contribution >= 4 is 10.8 Å². The number of hydrogen-bond acceptors (Lipinski definition) is 1. The van der Waals surface area contributed by atoms with Crippen LogP contribution in [-0.2, 0) is 6.42 Å². The van der Waals surface area contributed by atoms with Crippen LogP contribution in [0.1, 0.15) is 18.9 Å². The van der Waals surface area contributed by atoms with Crippen LogP contribution in [0.5, 0.6) is 5.75 Å². The number of hydrogen-bond donors (Lipinski definition) is 0. The van der Waals surface area contributed by atoms with Crippen molar-refractivity contribution in [3.05, 3.63) is 89.7 Å². The van der Waals surface area contributed by atoms with E-state index in [9.17, 15) is 22.0 Å². The van der Waals surface area contributed by atoms with Crippen molar-refractivity contribution in [2.45, 2.75) is 26.1 Å². The Bertz CT molecular complexity index is 1330. The average molecular weight is 460 g/mol. The summed E-state index contributed by atoms with van der Waals surface area (Å²) in [5, 5.41) is 1.16. The summed E-state index contributed by atoms with van der Waals surface area (Å²) in [5.41, 5.74) is 1.57. The molecule has 0 fully saturated rings. The summed E-state index contributed by atoms with van der Waals surface area (Å²) in [5.74, 6) is -3.54. The van der Waals surface area contributed by atoms with E-state index in [-0.39, 0.29) is 22.3 Å². The largest absolute Gasteiger partial charge is 0.573 e. The lowest BCUT2D eigenvalue weighted by atomic mass is 9.96. The molecule has 0 aliphatic carbocycles. The highest BCUT2D eigenvalue weighted by atomic mass is 19.4. The number of fused-ring (bicyclic) bond motifs is 1. The molecule has 0 saturated carbocycles. The molecule has 4 rings (SSSR count). The maximum atomic E-state index is 15.2. The SMILES string of the molecule is CCCc1ccc2c(F)c(-c3ccc(-c4ccc(OC(F)(F)F)c(F)c4)c(F)c3)ccc2c1. The molecule has 1 nitrogen and oxygen atoms in total. The minimum Gasteiger partial charge on any atom is -0.403 e. The minimum atomic E-state index is -5.04. The quantitative estimate of drug-likeness (QED) is 0.272. The van der Waals surface area contributed by atoms with Gasteiger partial charge in [0.15, 0.2) is 11.6 Å². The second kappa shape index (κ2) is 8.81. The van der Waals surface area contributed by atoms with Crippen molar-refractivity contribution in [2.75, 3.05) is 0 Å². The number of alkyl halides is 3. The third-order valence-corrected chi connectivity index (χ3v) is 5.31. The normalized spacial score (nSPS) is 11.7. The molecule has 0 radical (unpaired) electrons. The molecule has 0 amide bonds. The first kappa shape index (κ1) is 22.7. The van der Waals surface area contributed by atoms with E-state index in [2.05, 4.69) is 11.7 Å². The number of rotatable bonds is 5. The fourth-order valence-corrected chi connectivity index (χ4v) is 3.80. The van der Waals surface area contributed by atoms with Gasteiger partial charge in [0.05, 0.1) is 0 Å². The first-order valence-electron chi connectivity index (χ1n) is 10.2. The molecular formula is C26H18F6O. The van der Waals surface area contributed by atoms with E-state index < -0.39 is 29.6 Å². The highest BCUT2D eigenvalue weighted by molar-refractivity contribution is 5.89. The predicted molar refractivity (Wildman–Crippen MR) is 115 cm³/mol. The van der Waals surface area contributed by atoms with Crippen LogP contribution in [0.2, 0.25) is 0 Å². The van der Waals surface area contributed by atoms with Gasteiger partial charge in [-0.3, -0.25) is 0 Å². The third kappa shape index (κ3) is 4.82. The summed E-state index contributed by atoms with van der Waals surface area (Å²) in [4.78, 5) is 0. The van der Waals surface area contributed by atoms with Gasteiger partial charge in [-0.05, 0) is 46.7 Å². The Hall–Kier alpha value is -3.48. The van der Waals surface area contributed by atoms with Gasteiger partial charge in [0.25, 0.3) is 0 Å². The first-order valence-corrected chi connectivity index (χ1v) is 10.2. The van der Waals surface area contributed by atoms with Gasteiger partial charge in [-0.15, -0.1) is 13.2 Å². The second-order valence-corrected chi connectivity index (χ2v) is 7.62. The van der Waals surface area contributed by atoms with E-state index >= 15 is 4.39 Å². The van der Waals surface area contributed by atoms with Gasteiger partial charge in [-0.25, -0.2) is 13.2 Å². The van der Waals surface area contributed by atoms with Gasteiger partial charge in [-0.2, -0.15) is 0 Å². The van der Waals surface area contributed by atoms with E-state index in [0.29, 0.717) is 5.39 Å². The highest BCUT2D eigenvalue weighted by Gasteiger charge is 2.32. The summed E-state index contributed by atoms with van der Waals surface area (Å²) in [7, 11) is 0. The number of ether oxygens (including phenoxy) is 1. The smallest absolute Gasteiger partial charge is 0.403 e. The zero-order chi connectivity index (χ0) is 23.8. The molecule has 0 bridgehead atoms. The van der Waals surface area contributed by atoms with Crippen molar-refractivity contribution in [1.82, 2.24) is 0 Å². The summed E-state index contributed by atoms with van der Waals surface area (Å²) < 4.78 is 84.6. The maximum Gasteiger partial charge on any atom is 0.573 e. The molecule has 0 saturated heterocycles. The summed E-state index contributed by atoms with van der Waals surface area (Å²) >= 11 is 0. The van der Waals surface area contributed by atoms with Crippen LogP contribution in [0.25, 0.3) is 33.0 Å². The van der Waals surface area contributed by atoms with Crippen molar-refractivity contribution in [1.29, 1.82) is 0 Å². The average Bonchev–Trinajstić information content (AvgIpc) is 2.75. The number of halogens is 6. The molecule has 4 aromatic rings. The Kier molecular flexibility index (Phi) is 6.06. The van der Waals surface area contributed by atoms with E-state index in [1.165, 1.54) is 12.1 Å². The van der Waals surface area contributed by atoms with E-state index in [1.807, 2.05) is 12.1 Å². The van der Waals surface area contributed by atoms with Gasteiger partial charge in [0, 0.05) is 16.5 Å². The molecule has 0 heterocycles. The Morgan fingerprint density at radius 1 is 0.727 bits per heavy atom. The standard InChI is InChI=1S/C26H18F6O/c1-2-3-15-4-8-20-16(12-15)6-10-21(25(20)29)18-5-9-19(22(27)13-18)17-7-11-24(23(28)14-17)33-26(30,31)32/h4-14H,2-3H2,1H3. The Morgan fingerprint density at radius 2 is 1.39 bits per heavy atom. The molecule has 0 N–H and O–H groups in total. The molecule has 33 heavy (non-hydrogen) atoms. The van der Waals surface area contributed by atoms with E-state index in [4.69, 9.17) is 0 Å². The monoisotopic (exact) mass is 460 g/mol. The molecule has 0 atom stereocenters. The maximum absolute atomic E-state index is 15.2. The van der Waals surface area contributed by atoms with Crippen LogP contribution >= 0.6 is 0 Å². The fourth-order valence-electron chi connectivity index (χ4n) is 3.80. The third-order valence-electron chi connectivity index (χ3n) is 5.31. The first-order chi connectivity index (χ1) is 15.7. The van der Waals surface area contributed by atoms with Crippen LogP contribution in [0, 0.1) is 17.5 Å². The lowest BCUT2D eigenvalue weighted by Gasteiger charge is -2.12. The molecule has 4 aromatic carbocycles. The van der Waals surface area contributed by atoms with E-state index in [1.54, 1.807) is 18.2 Å². The van der Waals surface area contributed by atoms with Gasteiger partial charge in [-0.1, -0.05) is 61.9 Å². The fraction of sp³-hybridized carbons (Fsp3) is 0.154. The molecule has 170 valence electrons. The van der Waals surface area contributed by atoms with Crippen LogP contribution in [0.4, 0.5) is 26.3 Å². The zero-order valence-corrected chi connectivity index (χ0v) is 17.4. The summed E-state index contributed by atoms with van der Waals surface area (Å²) in [6.07, 6.45) is -3.19. The molecule has 0 aromatic heterocycles. The van der Waals surface area contributed by atoms with Gasteiger partial charge < -0.3 is 4.74 Å². The summed E-state index contributed by atoms with van der Waals surface area (Å²) in [6, 6.07) is 15.4. The molecule has 0 aliphatic rings. The van der Waals surface area contributed by atoms with Gasteiger partial charge in [0.2, 0.25) is 0 Å². The second-order valence-electron chi connectivity index (χ2n) is 7.62. The Labute approximate surface area is 186 Å². The van der Waals surface area contributed by atoms with Gasteiger partial charge >= 0.3 is 6.36 Å². The number of aryl methyl sites for hydroxylation is 1. The van der Waals surface area contributed by atoms with Crippen molar-refractivity contribution in [3.63, 3.8) is 0 Å².